The molecule has 0 radical (unpaired) electrons. The van der Waals surface area contributed by atoms with Crippen molar-refractivity contribution in [3.63, 3.8) is 0 Å². The summed E-state index contributed by atoms with van der Waals surface area (Å²) in [5, 5.41) is 11.5. The van der Waals surface area contributed by atoms with Gasteiger partial charge in [0.2, 0.25) is 0 Å². The summed E-state index contributed by atoms with van der Waals surface area (Å²) in [6.07, 6.45) is 5.93. The highest BCUT2D eigenvalue weighted by Gasteiger charge is 2.43. The Morgan fingerprint density at radius 2 is 1.83 bits per heavy atom. The first-order valence-corrected chi connectivity index (χ1v) is 13.6. The Hall–Kier alpha value is -2.44. The Morgan fingerprint density at radius 3 is 2.50 bits per heavy atom. The van der Waals surface area contributed by atoms with Crippen LogP contribution in [0.2, 0.25) is 5.02 Å². The van der Waals surface area contributed by atoms with Crippen LogP contribution in [-0.4, -0.2) is 41.4 Å². The highest BCUT2D eigenvalue weighted by molar-refractivity contribution is 6.35. The number of fused-ring (bicyclic) bond motifs is 1. The minimum atomic E-state index is -1.46. The number of ether oxygens (including phenoxy) is 1. The number of aromatic nitrogens is 2. The zero-order chi connectivity index (χ0) is 24.9. The maximum absolute atomic E-state index is 15.6. The average Bonchev–Trinajstić information content (AvgIpc) is 3.33. The first kappa shape index (κ1) is 23.9. The second-order valence-electron chi connectivity index (χ2n) is 10.8. The van der Waals surface area contributed by atoms with Gasteiger partial charge in [-0.1, -0.05) is 29.8 Å². The highest BCUT2D eigenvalue weighted by Crippen LogP contribution is 2.46. The number of aliphatic hydroxyl groups is 1. The standard InChI is InChI=1S/C29H33ClFN3O2/c1-36-25-6-3-2-5-22(25)18-9-13-34(14-10-18)27-23-16-20(19-7-8-21(35)15-19)17-24(30)26(23)32-28(33-27)29(31)11-4-12-29/h2-3,5-6,16-19,21,35H,4,7-15H2,1H3/t19?,21-/m1/s1. The number of aliphatic hydroxyl groups excluding tert-OH is 1. The molecule has 7 heteroatoms. The van der Waals surface area contributed by atoms with Gasteiger partial charge in [0.1, 0.15) is 11.6 Å². The summed E-state index contributed by atoms with van der Waals surface area (Å²) >= 11 is 6.80. The van der Waals surface area contributed by atoms with Gasteiger partial charge in [-0.15, -0.1) is 0 Å². The van der Waals surface area contributed by atoms with Gasteiger partial charge >= 0.3 is 0 Å². The number of anilines is 1. The predicted octanol–water partition coefficient (Wildman–Crippen LogP) is 6.65. The third-order valence-electron chi connectivity index (χ3n) is 8.55. The summed E-state index contributed by atoms with van der Waals surface area (Å²) in [5.74, 6) is 2.67. The molecule has 2 atom stereocenters. The van der Waals surface area contributed by atoms with Crippen LogP contribution in [0.4, 0.5) is 10.2 Å². The van der Waals surface area contributed by atoms with Crippen molar-refractivity contribution in [2.75, 3.05) is 25.1 Å². The van der Waals surface area contributed by atoms with E-state index in [1.807, 2.05) is 18.2 Å². The van der Waals surface area contributed by atoms with Crippen molar-refractivity contribution in [2.45, 2.75) is 75.0 Å². The van der Waals surface area contributed by atoms with Crippen LogP contribution in [0.3, 0.4) is 0 Å². The van der Waals surface area contributed by atoms with E-state index in [1.54, 1.807) is 7.11 Å². The number of rotatable bonds is 5. The molecule has 1 N–H and O–H groups in total. The third kappa shape index (κ3) is 4.22. The number of piperidine rings is 1. The molecule has 2 saturated carbocycles. The quantitative estimate of drug-likeness (QED) is 0.417. The molecule has 36 heavy (non-hydrogen) atoms. The molecular weight excluding hydrogens is 477 g/mol. The molecule has 2 aliphatic carbocycles. The number of benzene rings is 2. The number of nitrogens with zero attached hydrogens (tertiary/aromatic N) is 3. The van der Waals surface area contributed by atoms with Crippen molar-refractivity contribution >= 4 is 28.3 Å². The Morgan fingerprint density at radius 1 is 1.06 bits per heavy atom. The van der Waals surface area contributed by atoms with Gasteiger partial charge in [0.25, 0.3) is 0 Å². The van der Waals surface area contributed by atoms with Crippen LogP contribution in [0.15, 0.2) is 36.4 Å². The van der Waals surface area contributed by atoms with Gasteiger partial charge in [-0.2, -0.15) is 0 Å². The summed E-state index contributed by atoms with van der Waals surface area (Å²) in [6, 6.07) is 12.4. The van der Waals surface area contributed by atoms with Crippen LogP contribution in [0.1, 0.15) is 80.2 Å². The second-order valence-corrected chi connectivity index (χ2v) is 11.2. The summed E-state index contributed by atoms with van der Waals surface area (Å²) in [6.45, 7) is 1.63. The molecule has 190 valence electrons. The normalized spacial score (nSPS) is 24.2. The first-order chi connectivity index (χ1) is 17.4. The first-order valence-electron chi connectivity index (χ1n) is 13.2. The predicted molar refractivity (Wildman–Crippen MR) is 141 cm³/mol. The molecule has 5 nitrogen and oxygen atoms in total. The lowest BCUT2D eigenvalue weighted by Gasteiger charge is -2.36. The van der Waals surface area contributed by atoms with Crippen molar-refractivity contribution in [3.05, 3.63) is 58.4 Å². The molecule has 0 amide bonds. The van der Waals surface area contributed by atoms with Crippen molar-refractivity contribution in [2.24, 2.45) is 0 Å². The maximum atomic E-state index is 15.6. The molecule has 1 aliphatic heterocycles. The molecule has 1 unspecified atom stereocenters. The van der Waals surface area contributed by atoms with Crippen LogP contribution in [0.25, 0.3) is 10.9 Å². The van der Waals surface area contributed by atoms with E-state index in [2.05, 4.69) is 28.1 Å². The van der Waals surface area contributed by atoms with E-state index in [4.69, 9.17) is 21.3 Å². The average molecular weight is 510 g/mol. The minimum Gasteiger partial charge on any atom is -0.496 e. The SMILES string of the molecule is COc1ccccc1C1CCN(c2nc(C3(F)CCC3)nc3c(Cl)cc(C4CC[C@@H](O)C4)cc23)CC1. The van der Waals surface area contributed by atoms with Gasteiger partial charge in [0.15, 0.2) is 11.5 Å². The van der Waals surface area contributed by atoms with Crippen molar-refractivity contribution < 1.29 is 14.2 Å². The Balaban J connectivity index is 1.37. The van der Waals surface area contributed by atoms with Gasteiger partial charge in [0.05, 0.1) is 23.8 Å². The Bertz CT molecular complexity index is 1270. The summed E-state index contributed by atoms with van der Waals surface area (Å²) < 4.78 is 21.2. The topological polar surface area (TPSA) is 58.5 Å². The van der Waals surface area contributed by atoms with Gasteiger partial charge < -0.3 is 14.7 Å². The lowest BCUT2D eigenvalue weighted by Crippen LogP contribution is -2.36. The van der Waals surface area contributed by atoms with Crippen molar-refractivity contribution in [1.29, 1.82) is 0 Å². The lowest BCUT2D eigenvalue weighted by molar-refractivity contribution is 0.0512. The van der Waals surface area contributed by atoms with E-state index in [0.717, 1.165) is 74.1 Å². The van der Waals surface area contributed by atoms with E-state index in [-0.39, 0.29) is 17.8 Å². The maximum Gasteiger partial charge on any atom is 0.170 e. The summed E-state index contributed by atoms with van der Waals surface area (Å²) in [4.78, 5) is 11.8. The van der Waals surface area contributed by atoms with Crippen LogP contribution in [-0.2, 0) is 5.67 Å². The van der Waals surface area contributed by atoms with E-state index in [1.165, 1.54) is 5.56 Å². The Kier molecular flexibility index (Phi) is 6.29. The number of hydrogen-bond acceptors (Lipinski definition) is 5. The van der Waals surface area contributed by atoms with Gasteiger partial charge in [-0.05, 0) is 92.5 Å². The van der Waals surface area contributed by atoms with E-state index >= 15 is 4.39 Å². The summed E-state index contributed by atoms with van der Waals surface area (Å²) in [7, 11) is 1.72. The zero-order valence-corrected chi connectivity index (χ0v) is 21.5. The molecule has 0 bridgehead atoms. The number of methoxy groups -OCH3 is 1. The zero-order valence-electron chi connectivity index (χ0n) is 20.7. The minimum absolute atomic E-state index is 0.262. The smallest absolute Gasteiger partial charge is 0.170 e. The molecule has 3 fully saturated rings. The molecule has 6 rings (SSSR count). The fraction of sp³-hybridized carbons (Fsp3) is 0.517. The highest BCUT2D eigenvalue weighted by atomic mass is 35.5. The van der Waals surface area contributed by atoms with Crippen molar-refractivity contribution in [3.8, 4) is 5.75 Å². The van der Waals surface area contributed by atoms with E-state index in [0.29, 0.717) is 29.3 Å². The molecule has 1 saturated heterocycles. The number of para-hydroxylation sites is 1. The van der Waals surface area contributed by atoms with Crippen LogP contribution in [0, 0.1) is 0 Å². The molecule has 2 aromatic carbocycles. The van der Waals surface area contributed by atoms with Crippen LogP contribution >= 0.6 is 11.6 Å². The van der Waals surface area contributed by atoms with Crippen LogP contribution in [0.5, 0.6) is 5.75 Å². The molecule has 1 aromatic heterocycles. The fourth-order valence-corrected chi connectivity index (χ4v) is 6.52. The third-order valence-corrected chi connectivity index (χ3v) is 8.84. The van der Waals surface area contributed by atoms with E-state index in [9.17, 15) is 5.11 Å². The number of hydrogen-bond donors (Lipinski definition) is 1. The molecule has 3 aliphatic rings. The second kappa shape index (κ2) is 9.46. The fourth-order valence-electron chi connectivity index (χ4n) is 6.25. The Labute approximate surface area is 216 Å². The molecule has 3 aromatic rings. The van der Waals surface area contributed by atoms with E-state index < -0.39 is 5.67 Å². The molecular formula is C29H33ClFN3O2. The van der Waals surface area contributed by atoms with Crippen molar-refractivity contribution in [1.82, 2.24) is 9.97 Å². The number of halogens is 2. The largest absolute Gasteiger partial charge is 0.496 e. The van der Waals surface area contributed by atoms with Gasteiger partial charge in [-0.3, -0.25) is 0 Å². The number of alkyl halides is 1. The van der Waals surface area contributed by atoms with Gasteiger partial charge in [-0.25, -0.2) is 14.4 Å². The molecule has 0 spiro atoms. The monoisotopic (exact) mass is 509 g/mol. The molecule has 2 heterocycles. The van der Waals surface area contributed by atoms with Gasteiger partial charge in [0, 0.05) is 18.5 Å². The van der Waals surface area contributed by atoms with Crippen LogP contribution < -0.4 is 9.64 Å². The summed E-state index contributed by atoms with van der Waals surface area (Å²) in [5.41, 5.74) is 1.53. The lowest BCUT2D eigenvalue weighted by atomic mass is 9.81.